The highest BCUT2D eigenvalue weighted by Crippen LogP contribution is 2.34. The first-order valence-corrected chi connectivity index (χ1v) is 6.45. The summed E-state index contributed by atoms with van der Waals surface area (Å²) < 4.78 is 5.42. The van der Waals surface area contributed by atoms with Gasteiger partial charge in [0.15, 0.2) is 11.3 Å². The summed E-state index contributed by atoms with van der Waals surface area (Å²) in [6.45, 7) is 1.03. The second-order valence-electron chi connectivity index (χ2n) is 4.99. The summed E-state index contributed by atoms with van der Waals surface area (Å²) >= 11 is 0. The Balaban J connectivity index is 2.06. The summed E-state index contributed by atoms with van der Waals surface area (Å²) in [5, 5.41) is 3.01. The number of hydrogen-bond acceptors (Lipinski definition) is 4. The number of Topliss-reactive ketones (excluding diaryl/α,β-unsaturated/α-hetero) is 1. The van der Waals surface area contributed by atoms with Crippen molar-refractivity contribution in [3.05, 3.63) is 35.4 Å². The molecule has 1 saturated heterocycles. The van der Waals surface area contributed by atoms with E-state index in [1.54, 1.807) is 6.07 Å². The lowest BCUT2D eigenvalue weighted by molar-refractivity contribution is -0.142. The molecule has 19 heavy (non-hydrogen) atoms. The van der Waals surface area contributed by atoms with E-state index in [0.29, 0.717) is 25.1 Å². The number of carbonyl (C=O) groups excluding carboxylic acids is 2. The maximum absolute atomic E-state index is 12.7. The number of ketones is 1. The number of nitrogens with one attached hydrogen (secondary N) is 1. The van der Waals surface area contributed by atoms with Crippen LogP contribution in [0, 0.1) is 0 Å². The molecule has 2 aliphatic heterocycles. The fraction of sp³-hybridized carbons (Fsp3) is 0.429. The van der Waals surface area contributed by atoms with Crippen molar-refractivity contribution in [3.8, 4) is 0 Å². The van der Waals surface area contributed by atoms with Gasteiger partial charge in [-0.25, -0.2) is 0 Å². The van der Waals surface area contributed by atoms with Crippen LogP contribution in [0.15, 0.2) is 24.3 Å². The maximum atomic E-state index is 12.7. The monoisotopic (exact) mass is 260 g/mol. The number of primary amides is 1. The topological polar surface area (TPSA) is 81.4 Å². The average Bonchev–Trinajstić information content (AvgIpc) is 3.06. The molecule has 3 rings (SSSR count). The molecule has 3 N–H and O–H groups in total. The van der Waals surface area contributed by atoms with Crippen LogP contribution >= 0.6 is 0 Å². The number of nitrogens with two attached hydrogens (primary N) is 1. The molecule has 0 spiro atoms. The third-order valence-corrected chi connectivity index (χ3v) is 3.93. The fourth-order valence-electron chi connectivity index (χ4n) is 2.95. The SMILES string of the molecule is NC(=O)C1(C(=O)[C@@H]2CCCO2)NCc2ccccc21. The number of fused-ring (bicyclic) bond motifs is 1. The van der Waals surface area contributed by atoms with Crippen LogP contribution in [0.1, 0.15) is 24.0 Å². The molecule has 1 aromatic rings. The zero-order valence-corrected chi connectivity index (χ0v) is 10.5. The molecule has 0 aromatic heterocycles. The summed E-state index contributed by atoms with van der Waals surface area (Å²) in [6.07, 6.45) is 0.955. The standard InChI is InChI=1S/C14H16N2O3/c15-13(18)14(12(17)11-6-3-7-19-11)10-5-2-1-4-9(10)8-16-14/h1-2,4-5,11,16H,3,6-8H2,(H2,15,18)/t11-,14?/m0/s1. The first-order valence-electron chi connectivity index (χ1n) is 6.45. The van der Waals surface area contributed by atoms with Gasteiger partial charge in [0.1, 0.15) is 6.10 Å². The molecule has 100 valence electrons. The Morgan fingerprint density at radius 3 is 2.84 bits per heavy atom. The van der Waals surface area contributed by atoms with Crippen molar-refractivity contribution in [3.63, 3.8) is 0 Å². The van der Waals surface area contributed by atoms with Crippen molar-refractivity contribution in [2.75, 3.05) is 6.61 Å². The zero-order valence-electron chi connectivity index (χ0n) is 10.5. The minimum Gasteiger partial charge on any atom is -0.370 e. The number of ether oxygens (including phenoxy) is 1. The van der Waals surface area contributed by atoms with Crippen LogP contribution < -0.4 is 11.1 Å². The van der Waals surface area contributed by atoms with Crippen molar-refractivity contribution in [2.24, 2.45) is 5.73 Å². The van der Waals surface area contributed by atoms with Crippen LogP contribution in [0.5, 0.6) is 0 Å². The van der Waals surface area contributed by atoms with Gasteiger partial charge >= 0.3 is 0 Å². The Bertz CT molecular complexity index is 537. The largest absolute Gasteiger partial charge is 0.370 e. The first-order chi connectivity index (χ1) is 9.16. The summed E-state index contributed by atoms with van der Waals surface area (Å²) in [7, 11) is 0. The van der Waals surface area contributed by atoms with Gasteiger partial charge in [0.05, 0.1) is 0 Å². The van der Waals surface area contributed by atoms with Gasteiger partial charge in [-0.2, -0.15) is 0 Å². The maximum Gasteiger partial charge on any atom is 0.250 e. The highest BCUT2D eigenvalue weighted by atomic mass is 16.5. The third kappa shape index (κ3) is 1.69. The Labute approximate surface area is 111 Å². The summed E-state index contributed by atoms with van der Waals surface area (Å²) in [5.74, 6) is -0.916. The van der Waals surface area contributed by atoms with Crippen molar-refractivity contribution in [2.45, 2.75) is 31.0 Å². The highest BCUT2D eigenvalue weighted by Gasteiger charge is 2.53. The Kier molecular flexibility index (Phi) is 2.88. The second kappa shape index (κ2) is 4.43. The van der Waals surface area contributed by atoms with Crippen molar-refractivity contribution >= 4 is 11.7 Å². The number of benzene rings is 1. The molecule has 1 fully saturated rings. The van der Waals surface area contributed by atoms with Gasteiger partial charge in [0.2, 0.25) is 5.91 Å². The fourth-order valence-corrected chi connectivity index (χ4v) is 2.95. The number of carbonyl (C=O) groups is 2. The van der Waals surface area contributed by atoms with E-state index in [1.165, 1.54) is 0 Å². The lowest BCUT2D eigenvalue weighted by Crippen LogP contribution is -2.58. The van der Waals surface area contributed by atoms with Crippen LogP contribution in [0.25, 0.3) is 0 Å². The van der Waals surface area contributed by atoms with Gasteiger partial charge in [-0.3, -0.25) is 14.9 Å². The van der Waals surface area contributed by atoms with E-state index in [9.17, 15) is 9.59 Å². The van der Waals surface area contributed by atoms with Gasteiger partial charge in [0, 0.05) is 13.2 Å². The Hall–Kier alpha value is -1.72. The van der Waals surface area contributed by atoms with Gasteiger partial charge in [-0.15, -0.1) is 0 Å². The first kappa shape index (κ1) is 12.3. The minimum atomic E-state index is -1.42. The van der Waals surface area contributed by atoms with Crippen LogP contribution in [0.2, 0.25) is 0 Å². The highest BCUT2D eigenvalue weighted by molar-refractivity contribution is 6.13. The van der Waals surface area contributed by atoms with Crippen LogP contribution in [-0.4, -0.2) is 24.4 Å². The van der Waals surface area contributed by atoms with Crippen molar-refractivity contribution in [1.82, 2.24) is 5.32 Å². The van der Waals surface area contributed by atoms with E-state index in [0.717, 1.165) is 12.0 Å². The van der Waals surface area contributed by atoms with Crippen molar-refractivity contribution in [1.29, 1.82) is 0 Å². The van der Waals surface area contributed by atoms with E-state index in [2.05, 4.69) is 5.32 Å². The molecule has 5 heteroatoms. The predicted molar refractivity (Wildman–Crippen MR) is 68.1 cm³/mol. The molecule has 5 nitrogen and oxygen atoms in total. The molecule has 0 bridgehead atoms. The van der Waals surface area contributed by atoms with Gasteiger partial charge in [-0.05, 0) is 24.0 Å². The molecule has 2 atom stereocenters. The quantitative estimate of drug-likeness (QED) is 0.762. The smallest absolute Gasteiger partial charge is 0.250 e. The molecule has 1 aromatic carbocycles. The molecule has 2 heterocycles. The normalized spacial score (nSPS) is 29.2. The van der Waals surface area contributed by atoms with Gasteiger partial charge < -0.3 is 10.5 Å². The minimum absolute atomic E-state index is 0.262. The Morgan fingerprint density at radius 2 is 2.16 bits per heavy atom. The van der Waals surface area contributed by atoms with E-state index in [-0.39, 0.29) is 5.78 Å². The molecule has 0 saturated carbocycles. The third-order valence-electron chi connectivity index (χ3n) is 3.93. The second-order valence-corrected chi connectivity index (χ2v) is 4.99. The van der Waals surface area contributed by atoms with Crippen LogP contribution in [-0.2, 0) is 26.4 Å². The molecule has 1 amide bonds. The average molecular weight is 260 g/mol. The molecule has 2 aliphatic rings. The number of hydrogen-bond donors (Lipinski definition) is 2. The van der Waals surface area contributed by atoms with E-state index < -0.39 is 17.6 Å². The predicted octanol–water partition coefficient (Wildman–Crippen LogP) is 0.219. The number of rotatable bonds is 3. The number of amides is 1. The van der Waals surface area contributed by atoms with E-state index in [1.807, 2.05) is 18.2 Å². The van der Waals surface area contributed by atoms with Crippen molar-refractivity contribution < 1.29 is 14.3 Å². The summed E-state index contributed by atoms with van der Waals surface area (Å²) in [5.41, 5.74) is 5.72. The Morgan fingerprint density at radius 1 is 1.37 bits per heavy atom. The van der Waals surface area contributed by atoms with Gasteiger partial charge in [0.25, 0.3) is 0 Å². The van der Waals surface area contributed by atoms with E-state index in [4.69, 9.17) is 10.5 Å². The van der Waals surface area contributed by atoms with Crippen LogP contribution in [0.4, 0.5) is 0 Å². The lowest BCUT2D eigenvalue weighted by atomic mass is 9.83. The summed E-state index contributed by atoms with van der Waals surface area (Å²) in [4.78, 5) is 24.7. The molecular weight excluding hydrogens is 244 g/mol. The van der Waals surface area contributed by atoms with Crippen LogP contribution in [0.3, 0.4) is 0 Å². The molecule has 0 radical (unpaired) electrons. The van der Waals surface area contributed by atoms with Gasteiger partial charge in [-0.1, -0.05) is 24.3 Å². The van der Waals surface area contributed by atoms with E-state index >= 15 is 0 Å². The molecule has 1 unspecified atom stereocenters. The summed E-state index contributed by atoms with van der Waals surface area (Å²) in [6, 6.07) is 7.38. The molecule has 0 aliphatic carbocycles. The molecular formula is C14H16N2O3. The lowest BCUT2D eigenvalue weighted by Gasteiger charge is -2.28. The zero-order chi connectivity index (χ0) is 13.5.